The molecule has 2 fully saturated rings. The van der Waals surface area contributed by atoms with Crippen LogP contribution in [0, 0.1) is 11.8 Å². The van der Waals surface area contributed by atoms with Crippen molar-refractivity contribution in [1.82, 2.24) is 4.90 Å². The summed E-state index contributed by atoms with van der Waals surface area (Å²) >= 11 is 0. The Kier molecular flexibility index (Phi) is 5.02. The van der Waals surface area contributed by atoms with Crippen LogP contribution in [-0.2, 0) is 20.6 Å². The number of alkyl halides is 3. The lowest BCUT2D eigenvalue weighted by atomic mass is 9.81. The first-order chi connectivity index (χ1) is 12.3. The van der Waals surface area contributed by atoms with Gasteiger partial charge in [0.2, 0.25) is 17.7 Å². The molecule has 1 aliphatic carbocycles. The highest BCUT2D eigenvalue weighted by Gasteiger charge is 2.47. The molecular weight excluding hydrogens is 349 g/mol. The number of nitrogens with zero attached hydrogens (tertiary/aromatic N) is 1. The maximum absolute atomic E-state index is 12.7. The predicted molar refractivity (Wildman–Crippen MR) is 86.9 cm³/mol. The molecule has 3 rings (SSSR count). The maximum atomic E-state index is 12.7. The van der Waals surface area contributed by atoms with Crippen molar-refractivity contribution in [2.45, 2.75) is 38.3 Å². The lowest BCUT2D eigenvalue weighted by Gasteiger charge is -2.19. The molecule has 1 aliphatic heterocycles. The van der Waals surface area contributed by atoms with Crippen LogP contribution in [0.3, 0.4) is 0 Å². The van der Waals surface area contributed by atoms with Gasteiger partial charge in [-0.15, -0.1) is 0 Å². The number of rotatable bonds is 4. The molecule has 3 amide bonds. The molecule has 2 atom stereocenters. The molecule has 5 nitrogen and oxygen atoms in total. The number of fused-ring (bicyclic) bond motifs is 1. The normalized spacial score (nSPS) is 23.1. The van der Waals surface area contributed by atoms with E-state index in [1.165, 1.54) is 12.1 Å². The van der Waals surface area contributed by atoms with Crippen LogP contribution in [-0.4, -0.2) is 29.2 Å². The minimum atomic E-state index is -4.49. The van der Waals surface area contributed by atoms with E-state index in [-0.39, 0.29) is 42.3 Å². The molecule has 0 unspecified atom stereocenters. The fraction of sp³-hybridized carbons (Fsp3) is 0.500. The van der Waals surface area contributed by atoms with E-state index in [9.17, 15) is 27.6 Å². The number of hydrogen-bond acceptors (Lipinski definition) is 3. The summed E-state index contributed by atoms with van der Waals surface area (Å²) in [4.78, 5) is 37.8. The van der Waals surface area contributed by atoms with Gasteiger partial charge in [-0.2, -0.15) is 13.2 Å². The van der Waals surface area contributed by atoms with E-state index in [0.717, 1.165) is 29.9 Å². The van der Waals surface area contributed by atoms with Gasteiger partial charge < -0.3 is 5.32 Å². The van der Waals surface area contributed by atoms with Crippen LogP contribution in [0.25, 0.3) is 0 Å². The Morgan fingerprint density at radius 2 is 1.73 bits per heavy atom. The molecule has 1 saturated heterocycles. The minimum Gasteiger partial charge on any atom is -0.326 e. The van der Waals surface area contributed by atoms with Gasteiger partial charge in [0.15, 0.2) is 0 Å². The first-order valence-electron chi connectivity index (χ1n) is 8.59. The van der Waals surface area contributed by atoms with Crippen LogP contribution in [0.4, 0.5) is 18.9 Å². The zero-order valence-corrected chi connectivity index (χ0v) is 14.0. The number of carbonyl (C=O) groups excluding carboxylic acids is 3. The second kappa shape index (κ2) is 7.09. The van der Waals surface area contributed by atoms with Crippen molar-refractivity contribution < 1.29 is 27.6 Å². The molecule has 1 saturated carbocycles. The van der Waals surface area contributed by atoms with Crippen LogP contribution in [0.15, 0.2) is 24.3 Å². The topological polar surface area (TPSA) is 66.5 Å². The molecule has 1 heterocycles. The average Bonchev–Trinajstić information content (AvgIpc) is 2.84. The number of hydrogen-bond donors (Lipinski definition) is 1. The van der Waals surface area contributed by atoms with Crippen molar-refractivity contribution in [1.29, 1.82) is 0 Å². The summed E-state index contributed by atoms with van der Waals surface area (Å²) in [6.45, 7) is -0.0462. The molecule has 140 valence electrons. The lowest BCUT2D eigenvalue weighted by molar-refractivity contribution is -0.140. The van der Waals surface area contributed by atoms with Crippen LogP contribution < -0.4 is 5.32 Å². The molecule has 2 aliphatic rings. The van der Waals surface area contributed by atoms with Crippen LogP contribution >= 0.6 is 0 Å². The zero-order chi connectivity index (χ0) is 18.9. The quantitative estimate of drug-likeness (QED) is 0.830. The summed E-state index contributed by atoms with van der Waals surface area (Å²) in [5, 5.41) is 2.38. The maximum Gasteiger partial charge on any atom is 0.416 e. The van der Waals surface area contributed by atoms with Crippen LogP contribution in [0.5, 0.6) is 0 Å². The molecular formula is C18H19F3N2O3. The van der Waals surface area contributed by atoms with Gasteiger partial charge in [0.05, 0.1) is 17.4 Å². The van der Waals surface area contributed by atoms with Crippen molar-refractivity contribution in [2.24, 2.45) is 11.8 Å². The summed E-state index contributed by atoms with van der Waals surface area (Å²) in [6, 6.07) is 4.32. The Balaban J connectivity index is 1.58. The highest BCUT2D eigenvalue weighted by molar-refractivity contribution is 6.05. The van der Waals surface area contributed by atoms with E-state index in [1.54, 1.807) is 0 Å². The molecule has 0 spiro atoms. The Labute approximate surface area is 148 Å². The number of amides is 3. The number of benzene rings is 1. The SMILES string of the molecule is O=C(CCN1C(=O)[C@H]2CCCC[C@H]2C1=O)Nc1cccc(C(F)(F)F)c1. The number of anilines is 1. The van der Waals surface area contributed by atoms with Gasteiger partial charge in [0.25, 0.3) is 0 Å². The third-order valence-corrected chi connectivity index (χ3v) is 4.97. The Bertz CT molecular complexity index is 709. The summed E-state index contributed by atoms with van der Waals surface area (Å²) in [5.74, 6) is -1.55. The molecule has 8 heteroatoms. The molecule has 1 aromatic rings. The number of imide groups is 1. The highest BCUT2D eigenvalue weighted by Crippen LogP contribution is 2.38. The summed E-state index contributed by atoms with van der Waals surface area (Å²) < 4.78 is 38.1. The van der Waals surface area contributed by atoms with Gasteiger partial charge in [-0.05, 0) is 31.0 Å². The van der Waals surface area contributed by atoms with Crippen molar-refractivity contribution in [3.63, 3.8) is 0 Å². The van der Waals surface area contributed by atoms with E-state index >= 15 is 0 Å². The minimum absolute atomic E-state index is 0.0255. The fourth-order valence-electron chi connectivity index (χ4n) is 3.66. The van der Waals surface area contributed by atoms with E-state index in [2.05, 4.69) is 5.32 Å². The van der Waals surface area contributed by atoms with Crippen molar-refractivity contribution in [2.75, 3.05) is 11.9 Å². The van der Waals surface area contributed by atoms with Gasteiger partial charge in [-0.25, -0.2) is 0 Å². The van der Waals surface area contributed by atoms with E-state index < -0.39 is 17.6 Å². The second-order valence-corrected chi connectivity index (χ2v) is 6.70. The fourth-order valence-corrected chi connectivity index (χ4v) is 3.66. The first-order valence-corrected chi connectivity index (χ1v) is 8.59. The molecule has 1 N–H and O–H groups in total. The molecule has 0 aromatic heterocycles. The largest absolute Gasteiger partial charge is 0.416 e. The van der Waals surface area contributed by atoms with Crippen molar-refractivity contribution >= 4 is 23.4 Å². The van der Waals surface area contributed by atoms with E-state index in [4.69, 9.17) is 0 Å². The smallest absolute Gasteiger partial charge is 0.326 e. The van der Waals surface area contributed by atoms with E-state index in [1.807, 2.05) is 0 Å². The summed E-state index contributed by atoms with van der Waals surface area (Å²) in [5.41, 5.74) is -0.832. The number of carbonyl (C=O) groups is 3. The first kappa shape index (κ1) is 18.4. The van der Waals surface area contributed by atoms with Gasteiger partial charge in [-0.3, -0.25) is 19.3 Å². The summed E-state index contributed by atoms with van der Waals surface area (Å²) in [7, 11) is 0. The Morgan fingerprint density at radius 3 is 2.31 bits per heavy atom. The lowest BCUT2D eigenvalue weighted by Crippen LogP contribution is -2.34. The van der Waals surface area contributed by atoms with Crippen LogP contribution in [0.2, 0.25) is 0 Å². The third kappa shape index (κ3) is 3.73. The number of likely N-dealkylation sites (tertiary alicyclic amines) is 1. The number of nitrogens with one attached hydrogen (secondary N) is 1. The Hall–Kier alpha value is -2.38. The predicted octanol–water partition coefficient (Wildman–Crippen LogP) is 3.21. The van der Waals surface area contributed by atoms with Gasteiger partial charge >= 0.3 is 6.18 Å². The standard InChI is InChI=1S/C18H19F3N2O3/c19-18(20,21)11-4-3-5-12(10-11)22-15(24)8-9-23-16(25)13-6-1-2-7-14(13)17(23)26/h3-5,10,13-14H,1-2,6-9H2,(H,22,24)/t13-,14+. The van der Waals surface area contributed by atoms with Gasteiger partial charge in [-0.1, -0.05) is 18.9 Å². The molecule has 0 radical (unpaired) electrons. The summed E-state index contributed by atoms with van der Waals surface area (Å²) in [6.07, 6.45) is -1.41. The zero-order valence-electron chi connectivity index (χ0n) is 14.0. The van der Waals surface area contributed by atoms with Gasteiger partial charge in [0.1, 0.15) is 0 Å². The average molecular weight is 368 g/mol. The molecule has 26 heavy (non-hydrogen) atoms. The van der Waals surface area contributed by atoms with Crippen molar-refractivity contribution in [3.05, 3.63) is 29.8 Å². The van der Waals surface area contributed by atoms with Crippen LogP contribution in [0.1, 0.15) is 37.7 Å². The second-order valence-electron chi connectivity index (χ2n) is 6.70. The van der Waals surface area contributed by atoms with Gasteiger partial charge in [0, 0.05) is 18.7 Å². The van der Waals surface area contributed by atoms with Crippen molar-refractivity contribution in [3.8, 4) is 0 Å². The number of halogens is 3. The molecule has 1 aromatic carbocycles. The highest BCUT2D eigenvalue weighted by atomic mass is 19.4. The third-order valence-electron chi connectivity index (χ3n) is 4.97. The monoisotopic (exact) mass is 368 g/mol. The van der Waals surface area contributed by atoms with E-state index in [0.29, 0.717) is 12.8 Å². The Morgan fingerprint density at radius 1 is 1.12 bits per heavy atom. The molecule has 0 bridgehead atoms.